The second-order valence-electron chi connectivity index (χ2n) is 7.57. The monoisotopic (exact) mass is 382 g/mol. The summed E-state index contributed by atoms with van der Waals surface area (Å²) >= 11 is 0. The maximum atomic E-state index is 9.32. The zero-order valence-corrected chi connectivity index (χ0v) is 16.4. The normalized spacial score (nSPS) is 18.5. The number of allylic oxidation sites excluding steroid dienone is 2. The number of benzene rings is 3. The van der Waals surface area contributed by atoms with Crippen LogP contribution in [0.3, 0.4) is 0 Å². The molecule has 1 aliphatic rings. The summed E-state index contributed by atoms with van der Waals surface area (Å²) in [7, 11) is 0. The lowest BCUT2D eigenvalue weighted by Crippen LogP contribution is -2.35. The number of rotatable bonds is 5. The van der Waals surface area contributed by atoms with Gasteiger partial charge in [0.2, 0.25) is 0 Å². The first-order valence-corrected chi connectivity index (χ1v) is 9.93. The number of nitrogens with two attached hydrogens (primary N) is 2. The van der Waals surface area contributed by atoms with Gasteiger partial charge in [-0.2, -0.15) is 0 Å². The van der Waals surface area contributed by atoms with E-state index >= 15 is 0 Å². The molecule has 1 aliphatic carbocycles. The number of anilines is 1. The molecule has 0 amide bonds. The summed E-state index contributed by atoms with van der Waals surface area (Å²) in [6, 6.07) is 24.6. The van der Waals surface area contributed by atoms with E-state index in [1.165, 1.54) is 5.57 Å². The van der Waals surface area contributed by atoms with E-state index in [-0.39, 0.29) is 6.61 Å². The fraction of sp³-hybridized carbons (Fsp3) is 0.154. The number of hydrogen-bond donors (Lipinski definition) is 3. The average Bonchev–Trinajstić information content (AvgIpc) is 2.76. The molecule has 0 aliphatic heterocycles. The number of nitrogen functional groups attached to an aromatic ring is 1. The third-order valence-corrected chi connectivity index (χ3v) is 5.60. The van der Waals surface area contributed by atoms with E-state index in [1.807, 2.05) is 36.4 Å². The van der Waals surface area contributed by atoms with Crippen LogP contribution in [0.15, 0.2) is 91.0 Å². The van der Waals surface area contributed by atoms with Crippen molar-refractivity contribution >= 4 is 11.3 Å². The molecule has 0 bridgehead atoms. The van der Waals surface area contributed by atoms with E-state index in [0.29, 0.717) is 6.42 Å². The first kappa shape index (κ1) is 19.2. The van der Waals surface area contributed by atoms with Crippen molar-refractivity contribution in [3.05, 3.63) is 108 Å². The molecule has 4 rings (SSSR count). The summed E-state index contributed by atoms with van der Waals surface area (Å²) in [6.07, 6.45) is 7.77. The molecule has 0 aromatic heterocycles. The highest BCUT2D eigenvalue weighted by Crippen LogP contribution is 2.34. The quantitative estimate of drug-likeness (QED) is 0.562. The van der Waals surface area contributed by atoms with E-state index in [1.54, 1.807) is 0 Å². The van der Waals surface area contributed by atoms with Gasteiger partial charge in [0.25, 0.3) is 0 Å². The standard InChI is InChI=1S/C26H26N2O/c27-24-11-7-19(8-12-24)20-13-16-26(28,17-14-20)23-9-5-22(6-10-23)25-4-2-1-3-21(25)15-18-29/h1-14,16,29H,15,17-18,27-28H2. The second kappa shape index (κ2) is 8.08. The first-order chi connectivity index (χ1) is 14.1. The van der Waals surface area contributed by atoms with Gasteiger partial charge in [-0.25, -0.2) is 0 Å². The van der Waals surface area contributed by atoms with Crippen molar-refractivity contribution in [1.82, 2.24) is 0 Å². The first-order valence-electron chi connectivity index (χ1n) is 9.93. The number of hydrogen-bond acceptors (Lipinski definition) is 3. The Kier molecular flexibility index (Phi) is 5.34. The topological polar surface area (TPSA) is 72.3 Å². The minimum Gasteiger partial charge on any atom is -0.399 e. The average molecular weight is 383 g/mol. The molecule has 0 saturated heterocycles. The van der Waals surface area contributed by atoms with E-state index < -0.39 is 5.54 Å². The Morgan fingerprint density at radius 1 is 0.862 bits per heavy atom. The maximum absolute atomic E-state index is 9.32. The molecule has 0 heterocycles. The molecular formula is C26H26N2O. The fourth-order valence-corrected chi connectivity index (χ4v) is 3.86. The van der Waals surface area contributed by atoms with Crippen molar-refractivity contribution < 1.29 is 5.11 Å². The van der Waals surface area contributed by atoms with Crippen molar-refractivity contribution in [2.24, 2.45) is 5.73 Å². The Labute approximate surface area is 172 Å². The predicted octanol–water partition coefficient (Wildman–Crippen LogP) is 4.67. The zero-order chi connectivity index (χ0) is 20.3. The van der Waals surface area contributed by atoms with Gasteiger partial charge in [0.15, 0.2) is 0 Å². The van der Waals surface area contributed by atoms with Crippen LogP contribution in [0, 0.1) is 0 Å². The van der Waals surface area contributed by atoms with Gasteiger partial charge in [-0.3, -0.25) is 0 Å². The Bertz CT molecular complexity index is 1050. The van der Waals surface area contributed by atoms with E-state index in [0.717, 1.165) is 39.9 Å². The molecule has 3 aromatic carbocycles. The SMILES string of the molecule is Nc1ccc(C2=CCC(N)(c3ccc(-c4ccccc4CCO)cc3)C=C2)cc1. The highest BCUT2D eigenvalue weighted by Gasteiger charge is 2.25. The lowest BCUT2D eigenvalue weighted by molar-refractivity contribution is 0.300. The highest BCUT2D eigenvalue weighted by atomic mass is 16.2. The van der Waals surface area contributed by atoms with E-state index in [4.69, 9.17) is 11.5 Å². The maximum Gasteiger partial charge on any atom is 0.0633 e. The van der Waals surface area contributed by atoms with Crippen LogP contribution >= 0.6 is 0 Å². The molecule has 1 atom stereocenters. The van der Waals surface area contributed by atoms with Crippen LogP contribution < -0.4 is 11.5 Å². The highest BCUT2D eigenvalue weighted by molar-refractivity contribution is 5.76. The molecule has 3 nitrogen and oxygen atoms in total. The van der Waals surface area contributed by atoms with Crippen LogP contribution in [0.5, 0.6) is 0 Å². The molecule has 0 spiro atoms. The van der Waals surface area contributed by atoms with Crippen LogP contribution in [0.25, 0.3) is 16.7 Å². The summed E-state index contributed by atoms with van der Waals surface area (Å²) in [5.41, 5.74) is 19.6. The van der Waals surface area contributed by atoms with Gasteiger partial charge in [-0.05, 0) is 58.4 Å². The van der Waals surface area contributed by atoms with Gasteiger partial charge in [0.1, 0.15) is 0 Å². The third-order valence-electron chi connectivity index (χ3n) is 5.60. The number of aliphatic hydroxyl groups is 1. The van der Waals surface area contributed by atoms with Crippen molar-refractivity contribution in [2.45, 2.75) is 18.4 Å². The van der Waals surface area contributed by atoms with Crippen LogP contribution in [0.1, 0.15) is 23.1 Å². The van der Waals surface area contributed by atoms with Crippen LogP contribution in [0.2, 0.25) is 0 Å². The Morgan fingerprint density at radius 2 is 1.55 bits per heavy atom. The molecule has 1 unspecified atom stereocenters. The summed E-state index contributed by atoms with van der Waals surface area (Å²) in [5.74, 6) is 0. The summed E-state index contributed by atoms with van der Waals surface area (Å²) in [5, 5.41) is 9.32. The molecule has 3 aromatic rings. The van der Waals surface area contributed by atoms with Gasteiger partial charge in [0.05, 0.1) is 5.54 Å². The van der Waals surface area contributed by atoms with Crippen molar-refractivity contribution in [2.75, 3.05) is 12.3 Å². The van der Waals surface area contributed by atoms with Gasteiger partial charge in [-0.1, -0.05) is 78.9 Å². The molecule has 0 fully saturated rings. The minimum atomic E-state index is -0.513. The number of aliphatic hydroxyl groups excluding tert-OH is 1. The van der Waals surface area contributed by atoms with Gasteiger partial charge in [-0.15, -0.1) is 0 Å². The minimum absolute atomic E-state index is 0.147. The van der Waals surface area contributed by atoms with Crippen LogP contribution in [-0.4, -0.2) is 11.7 Å². The molecule has 3 heteroatoms. The van der Waals surface area contributed by atoms with Crippen molar-refractivity contribution in [3.63, 3.8) is 0 Å². The lowest BCUT2D eigenvalue weighted by atomic mass is 9.81. The Balaban J connectivity index is 1.56. The lowest BCUT2D eigenvalue weighted by Gasteiger charge is -2.29. The molecular weight excluding hydrogens is 356 g/mol. The molecule has 5 N–H and O–H groups in total. The summed E-state index contributed by atoms with van der Waals surface area (Å²) < 4.78 is 0. The van der Waals surface area contributed by atoms with Crippen LogP contribution in [-0.2, 0) is 12.0 Å². The predicted molar refractivity (Wildman–Crippen MR) is 121 cm³/mol. The Hall–Kier alpha value is -3.14. The zero-order valence-electron chi connectivity index (χ0n) is 16.4. The second-order valence-corrected chi connectivity index (χ2v) is 7.57. The van der Waals surface area contributed by atoms with E-state index in [9.17, 15) is 5.11 Å². The van der Waals surface area contributed by atoms with Crippen molar-refractivity contribution in [1.29, 1.82) is 0 Å². The smallest absolute Gasteiger partial charge is 0.0633 e. The largest absolute Gasteiger partial charge is 0.399 e. The fourth-order valence-electron chi connectivity index (χ4n) is 3.86. The summed E-state index contributed by atoms with van der Waals surface area (Å²) in [4.78, 5) is 0. The molecule has 0 radical (unpaired) electrons. The Morgan fingerprint density at radius 3 is 2.21 bits per heavy atom. The third kappa shape index (κ3) is 4.02. The van der Waals surface area contributed by atoms with Crippen LogP contribution in [0.4, 0.5) is 5.69 Å². The van der Waals surface area contributed by atoms with Crippen molar-refractivity contribution in [3.8, 4) is 11.1 Å². The van der Waals surface area contributed by atoms with Gasteiger partial charge < -0.3 is 16.6 Å². The van der Waals surface area contributed by atoms with E-state index in [2.05, 4.69) is 54.6 Å². The van der Waals surface area contributed by atoms with Gasteiger partial charge >= 0.3 is 0 Å². The van der Waals surface area contributed by atoms with Gasteiger partial charge in [0, 0.05) is 12.3 Å². The molecule has 146 valence electrons. The molecule has 29 heavy (non-hydrogen) atoms. The summed E-state index contributed by atoms with van der Waals surface area (Å²) in [6.45, 7) is 0.147. The molecule has 0 saturated carbocycles.